The lowest BCUT2D eigenvalue weighted by Gasteiger charge is -2.37. The standard InChI is InChI=1S/C13H19ClO3/c1-9(14)7-8-13(3)11(16)5-4-6-12(13)17-10(2)15/h6-7,11,16H,4-5,8H2,1-3H3/b9-7+/t11-,13-/m1/s1. The van der Waals surface area contributed by atoms with E-state index in [1.54, 1.807) is 6.92 Å². The van der Waals surface area contributed by atoms with E-state index >= 15 is 0 Å². The molecule has 4 heteroatoms. The molecule has 0 spiro atoms. The number of rotatable bonds is 3. The molecule has 1 aliphatic carbocycles. The van der Waals surface area contributed by atoms with Crippen LogP contribution in [0.5, 0.6) is 0 Å². The predicted octanol–water partition coefficient (Wildman–Crippen LogP) is 3.13. The molecule has 0 bridgehead atoms. The summed E-state index contributed by atoms with van der Waals surface area (Å²) >= 11 is 5.81. The fourth-order valence-electron chi connectivity index (χ4n) is 1.99. The summed E-state index contributed by atoms with van der Waals surface area (Å²) in [4.78, 5) is 11.1. The van der Waals surface area contributed by atoms with Crippen molar-refractivity contribution < 1.29 is 14.6 Å². The second kappa shape index (κ2) is 5.69. The van der Waals surface area contributed by atoms with Crippen LogP contribution in [0.2, 0.25) is 0 Å². The van der Waals surface area contributed by atoms with Crippen LogP contribution in [0.1, 0.15) is 40.0 Å². The van der Waals surface area contributed by atoms with Crippen molar-refractivity contribution in [1.82, 2.24) is 0 Å². The van der Waals surface area contributed by atoms with Gasteiger partial charge in [-0.2, -0.15) is 0 Å². The van der Waals surface area contributed by atoms with Crippen LogP contribution >= 0.6 is 11.6 Å². The molecule has 3 nitrogen and oxygen atoms in total. The molecule has 0 saturated heterocycles. The summed E-state index contributed by atoms with van der Waals surface area (Å²) < 4.78 is 5.20. The van der Waals surface area contributed by atoms with E-state index in [0.29, 0.717) is 23.6 Å². The molecule has 0 amide bonds. The highest BCUT2D eigenvalue weighted by atomic mass is 35.5. The number of hydrogen-bond donors (Lipinski definition) is 1. The minimum Gasteiger partial charge on any atom is -0.431 e. The van der Waals surface area contributed by atoms with Crippen LogP contribution in [0, 0.1) is 5.41 Å². The Morgan fingerprint density at radius 3 is 2.88 bits per heavy atom. The normalized spacial score (nSPS) is 29.8. The first-order valence-electron chi connectivity index (χ1n) is 5.75. The summed E-state index contributed by atoms with van der Waals surface area (Å²) in [5.41, 5.74) is -0.569. The third-order valence-corrected chi connectivity index (χ3v) is 3.28. The Kier molecular flexibility index (Phi) is 4.78. The van der Waals surface area contributed by atoms with E-state index in [1.165, 1.54) is 6.92 Å². The van der Waals surface area contributed by atoms with Crippen LogP contribution in [0.4, 0.5) is 0 Å². The number of allylic oxidation sites excluding steroid dienone is 3. The van der Waals surface area contributed by atoms with Gasteiger partial charge in [0.2, 0.25) is 0 Å². The summed E-state index contributed by atoms with van der Waals surface area (Å²) in [5.74, 6) is 0.195. The van der Waals surface area contributed by atoms with Gasteiger partial charge in [-0.3, -0.25) is 4.79 Å². The quantitative estimate of drug-likeness (QED) is 0.791. The topological polar surface area (TPSA) is 46.5 Å². The minimum atomic E-state index is -0.569. The average Bonchev–Trinajstić information content (AvgIpc) is 2.22. The van der Waals surface area contributed by atoms with Crippen LogP contribution in [0.25, 0.3) is 0 Å². The van der Waals surface area contributed by atoms with Crippen LogP contribution in [0.3, 0.4) is 0 Å². The van der Waals surface area contributed by atoms with Gasteiger partial charge < -0.3 is 9.84 Å². The monoisotopic (exact) mass is 258 g/mol. The molecule has 1 N–H and O–H groups in total. The van der Waals surface area contributed by atoms with Crippen molar-refractivity contribution >= 4 is 17.6 Å². The van der Waals surface area contributed by atoms with Crippen molar-refractivity contribution in [2.45, 2.75) is 46.1 Å². The van der Waals surface area contributed by atoms with E-state index in [9.17, 15) is 9.90 Å². The zero-order valence-electron chi connectivity index (χ0n) is 10.5. The number of halogens is 1. The first-order chi connectivity index (χ1) is 7.86. The Morgan fingerprint density at radius 1 is 1.71 bits per heavy atom. The van der Waals surface area contributed by atoms with Gasteiger partial charge in [0, 0.05) is 12.0 Å². The first-order valence-corrected chi connectivity index (χ1v) is 6.13. The summed E-state index contributed by atoms with van der Waals surface area (Å²) in [5, 5.41) is 10.8. The highest BCUT2D eigenvalue weighted by Gasteiger charge is 2.40. The fourth-order valence-corrected chi connectivity index (χ4v) is 2.07. The number of aliphatic hydroxyl groups excluding tert-OH is 1. The van der Waals surface area contributed by atoms with E-state index in [4.69, 9.17) is 16.3 Å². The lowest BCUT2D eigenvalue weighted by Crippen LogP contribution is -2.37. The first kappa shape index (κ1) is 14.3. The van der Waals surface area contributed by atoms with E-state index in [-0.39, 0.29) is 5.97 Å². The van der Waals surface area contributed by atoms with Crippen molar-refractivity contribution in [1.29, 1.82) is 0 Å². The van der Waals surface area contributed by atoms with Crippen LogP contribution in [-0.4, -0.2) is 17.2 Å². The number of carbonyl (C=O) groups excluding carboxylic acids is 1. The third-order valence-electron chi connectivity index (χ3n) is 3.13. The molecule has 0 aromatic heterocycles. The molecule has 0 aliphatic heterocycles. The van der Waals surface area contributed by atoms with Gasteiger partial charge in [0.05, 0.1) is 11.5 Å². The molecule has 0 heterocycles. The maximum absolute atomic E-state index is 11.1. The third kappa shape index (κ3) is 3.58. The average molecular weight is 259 g/mol. The summed E-state index contributed by atoms with van der Waals surface area (Å²) in [6.07, 6.45) is 5.16. The lowest BCUT2D eigenvalue weighted by atomic mass is 9.74. The maximum atomic E-state index is 11.1. The van der Waals surface area contributed by atoms with Crippen molar-refractivity contribution in [2.75, 3.05) is 0 Å². The van der Waals surface area contributed by atoms with Gasteiger partial charge in [-0.15, -0.1) is 0 Å². The molecule has 0 aromatic rings. The van der Waals surface area contributed by atoms with Gasteiger partial charge in [-0.25, -0.2) is 0 Å². The van der Waals surface area contributed by atoms with Crippen molar-refractivity contribution in [3.05, 3.63) is 22.9 Å². The Labute approximate surface area is 107 Å². The molecule has 17 heavy (non-hydrogen) atoms. The second-order valence-corrected chi connectivity index (χ2v) is 5.26. The molecule has 2 atom stereocenters. The second-order valence-electron chi connectivity index (χ2n) is 4.67. The summed E-state index contributed by atoms with van der Waals surface area (Å²) in [7, 11) is 0. The molecule has 0 saturated carbocycles. The highest BCUT2D eigenvalue weighted by Crippen LogP contribution is 2.41. The van der Waals surface area contributed by atoms with Crippen LogP contribution in [0.15, 0.2) is 22.9 Å². The smallest absolute Gasteiger partial charge is 0.307 e. The molecule has 0 unspecified atom stereocenters. The molecule has 96 valence electrons. The zero-order chi connectivity index (χ0) is 13.1. The lowest BCUT2D eigenvalue weighted by molar-refractivity contribution is -0.140. The Hall–Kier alpha value is -0.800. The summed E-state index contributed by atoms with van der Waals surface area (Å²) in [6, 6.07) is 0. The van der Waals surface area contributed by atoms with Crippen molar-refractivity contribution in [2.24, 2.45) is 5.41 Å². The number of aliphatic hydroxyl groups is 1. The summed E-state index contributed by atoms with van der Waals surface area (Å²) in [6.45, 7) is 5.04. The molecule has 0 aromatic carbocycles. The number of ether oxygens (including phenoxy) is 1. The predicted molar refractivity (Wildman–Crippen MR) is 67.4 cm³/mol. The Bertz CT molecular complexity index is 356. The van der Waals surface area contributed by atoms with E-state index in [2.05, 4.69) is 0 Å². The molecular weight excluding hydrogens is 240 g/mol. The van der Waals surface area contributed by atoms with Gasteiger partial charge >= 0.3 is 5.97 Å². The Balaban J connectivity index is 2.95. The van der Waals surface area contributed by atoms with Crippen molar-refractivity contribution in [3.8, 4) is 0 Å². The number of esters is 1. The maximum Gasteiger partial charge on any atom is 0.307 e. The minimum absolute atomic E-state index is 0.358. The van der Waals surface area contributed by atoms with Crippen LogP contribution in [-0.2, 0) is 9.53 Å². The number of carbonyl (C=O) groups is 1. The largest absolute Gasteiger partial charge is 0.431 e. The zero-order valence-corrected chi connectivity index (χ0v) is 11.3. The van der Waals surface area contributed by atoms with Gasteiger partial charge in [0.15, 0.2) is 0 Å². The molecule has 1 aliphatic rings. The van der Waals surface area contributed by atoms with Gasteiger partial charge in [-0.05, 0) is 39.2 Å². The van der Waals surface area contributed by atoms with E-state index < -0.39 is 11.5 Å². The molecule has 0 fully saturated rings. The SMILES string of the molecule is CC(=O)OC1=CCC[C@@H](O)[C@@]1(C)C/C=C(\C)Cl. The van der Waals surface area contributed by atoms with Gasteiger partial charge in [0.25, 0.3) is 0 Å². The van der Waals surface area contributed by atoms with Gasteiger partial charge in [0.1, 0.15) is 5.76 Å². The van der Waals surface area contributed by atoms with E-state index in [1.807, 2.05) is 19.1 Å². The molecular formula is C13H19ClO3. The highest BCUT2D eigenvalue weighted by molar-refractivity contribution is 6.29. The van der Waals surface area contributed by atoms with Gasteiger partial charge in [-0.1, -0.05) is 17.7 Å². The Morgan fingerprint density at radius 2 is 2.35 bits per heavy atom. The van der Waals surface area contributed by atoms with Crippen LogP contribution < -0.4 is 0 Å². The molecule has 1 rings (SSSR count). The molecule has 0 radical (unpaired) electrons. The fraction of sp³-hybridized carbons (Fsp3) is 0.615. The number of hydrogen-bond acceptors (Lipinski definition) is 3. The van der Waals surface area contributed by atoms with Crippen molar-refractivity contribution in [3.63, 3.8) is 0 Å². The van der Waals surface area contributed by atoms with E-state index in [0.717, 1.165) is 6.42 Å².